The minimum atomic E-state index is -0.325. The molecule has 0 bridgehead atoms. The Morgan fingerprint density at radius 2 is 2.09 bits per heavy atom. The van der Waals surface area contributed by atoms with Crippen LogP contribution in [0, 0.1) is 5.82 Å². The van der Waals surface area contributed by atoms with Crippen molar-refractivity contribution < 1.29 is 9.18 Å². The topological polar surface area (TPSA) is 61.4 Å². The van der Waals surface area contributed by atoms with Gasteiger partial charge in [0.05, 0.1) is 0 Å². The summed E-state index contributed by atoms with van der Waals surface area (Å²) in [6.45, 7) is 13.7. The number of halogens is 1. The number of carbonyl (C=O) groups excluding carboxylic acids is 1. The van der Waals surface area contributed by atoms with Crippen LogP contribution in [0.15, 0.2) is 48.3 Å². The molecule has 1 aromatic heterocycles. The lowest BCUT2D eigenvalue weighted by Crippen LogP contribution is -2.41. The maximum Gasteiger partial charge on any atom is 0.249 e. The lowest BCUT2D eigenvalue weighted by Gasteiger charge is -2.24. The fourth-order valence-electron chi connectivity index (χ4n) is 3.97. The van der Waals surface area contributed by atoms with Crippen LogP contribution in [0.3, 0.4) is 0 Å². The van der Waals surface area contributed by atoms with Crippen molar-refractivity contribution in [1.82, 2.24) is 20.2 Å². The number of nitrogens with zero attached hydrogens (tertiary/aromatic N) is 4. The van der Waals surface area contributed by atoms with Crippen molar-refractivity contribution in [2.24, 2.45) is 0 Å². The second kappa shape index (κ2) is 13.7. The van der Waals surface area contributed by atoms with E-state index in [0.29, 0.717) is 24.6 Å². The third kappa shape index (κ3) is 6.84. The number of amides is 1. The number of para-hydroxylation sites is 1. The van der Waals surface area contributed by atoms with Crippen LogP contribution >= 0.6 is 0 Å². The van der Waals surface area contributed by atoms with Gasteiger partial charge >= 0.3 is 0 Å². The molecular weight excluding hydrogens is 417 g/mol. The highest BCUT2D eigenvalue weighted by Crippen LogP contribution is 2.27. The summed E-state index contributed by atoms with van der Waals surface area (Å²) < 4.78 is 14.1. The van der Waals surface area contributed by atoms with Crippen LogP contribution in [0.5, 0.6) is 0 Å². The van der Waals surface area contributed by atoms with Crippen molar-refractivity contribution in [3.05, 3.63) is 54.1 Å². The minimum Gasteiger partial charge on any atom is -0.354 e. The van der Waals surface area contributed by atoms with Gasteiger partial charge < -0.3 is 15.1 Å². The fourth-order valence-corrected chi connectivity index (χ4v) is 3.97. The molecule has 1 atom stereocenters. The van der Waals surface area contributed by atoms with E-state index in [9.17, 15) is 9.18 Å². The van der Waals surface area contributed by atoms with Gasteiger partial charge in [0.25, 0.3) is 0 Å². The average molecular weight is 456 g/mol. The molecule has 1 aliphatic rings. The molecule has 7 heteroatoms. The van der Waals surface area contributed by atoms with Crippen LogP contribution in [0.2, 0.25) is 0 Å². The number of hydrogen-bond acceptors (Lipinski definition) is 5. The van der Waals surface area contributed by atoms with Crippen molar-refractivity contribution in [1.29, 1.82) is 0 Å². The molecule has 0 spiro atoms. The van der Waals surface area contributed by atoms with E-state index in [1.807, 2.05) is 63.8 Å². The van der Waals surface area contributed by atoms with Crippen LogP contribution in [-0.4, -0.2) is 59.5 Å². The highest BCUT2D eigenvalue weighted by Gasteiger charge is 2.25. The molecule has 6 nitrogen and oxygen atoms in total. The zero-order chi connectivity index (χ0) is 24.2. The predicted molar refractivity (Wildman–Crippen MR) is 135 cm³/mol. The molecule has 0 radical (unpaired) electrons. The molecule has 1 amide bonds. The minimum absolute atomic E-state index is 0.104. The Kier molecular flexibility index (Phi) is 11.0. The molecule has 3 rings (SSSR count). The molecule has 1 aliphatic heterocycles. The average Bonchev–Trinajstić information content (AvgIpc) is 3.32. The Labute approximate surface area is 197 Å². The van der Waals surface area contributed by atoms with Crippen LogP contribution in [0.4, 0.5) is 10.2 Å². The van der Waals surface area contributed by atoms with Gasteiger partial charge in [-0.1, -0.05) is 45.1 Å². The summed E-state index contributed by atoms with van der Waals surface area (Å²) in [5.41, 5.74) is 1.19. The third-order valence-electron chi connectivity index (χ3n) is 5.71. The molecule has 1 N–H and O–H groups in total. The number of anilines is 1. The number of aromatic nitrogens is 2. The van der Waals surface area contributed by atoms with E-state index in [-0.39, 0.29) is 11.7 Å². The van der Waals surface area contributed by atoms with Gasteiger partial charge in [-0.05, 0) is 38.8 Å². The zero-order valence-corrected chi connectivity index (χ0v) is 20.6. The standard InChI is InChI=1S/C24H32FN5O.C2H6/c1-4-7-9-18(5-2)24(31)29(6-3)15-13-26-19-12-14-30(16-19)23-20-10-8-11-21(25)22(20)27-17-28-23;1-2/h4,7-11,17,19,26H,5-6,12-16H2,1-3H3;1-2H3/b7-4-,18-9+;. The maximum atomic E-state index is 14.1. The van der Waals surface area contributed by atoms with E-state index in [4.69, 9.17) is 0 Å². The Bertz CT molecular complexity index is 959. The number of hydrogen-bond donors (Lipinski definition) is 1. The maximum absolute atomic E-state index is 14.1. The van der Waals surface area contributed by atoms with Gasteiger partial charge in [0.1, 0.15) is 23.5 Å². The number of fused-ring (bicyclic) bond motifs is 1. The van der Waals surface area contributed by atoms with Crippen LogP contribution in [0.1, 0.15) is 47.5 Å². The molecule has 1 aromatic carbocycles. The molecule has 2 aromatic rings. The van der Waals surface area contributed by atoms with E-state index >= 15 is 0 Å². The van der Waals surface area contributed by atoms with E-state index in [1.54, 1.807) is 6.07 Å². The first-order valence-electron chi connectivity index (χ1n) is 12.1. The van der Waals surface area contributed by atoms with E-state index in [2.05, 4.69) is 20.2 Å². The van der Waals surface area contributed by atoms with Gasteiger partial charge in [0.15, 0.2) is 0 Å². The van der Waals surface area contributed by atoms with Crippen LogP contribution in [0.25, 0.3) is 10.9 Å². The summed E-state index contributed by atoms with van der Waals surface area (Å²) in [5, 5.41) is 4.32. The lowest BCUT2D eigenvalue weighted by molar-refractivity contribution is -0.127. The largest absolute Gasteiger partial charge is 0.354 e. The number of nitrogens with one attached hydrogen (secondary N) is 1. The van der Waals surface area contributed by atoms with Crippen LogP contribution < -0.4 is 10.2 Å². The second-order valence-electron chi connectivity index (χ2n) is 7.68. The normalized spacial score (nSPS) is 16.2. The highest BCUT2D eigenvalue weighted by molar-refractivity contribution is 5.93. The van der Waals surface area contributed by atoms with Crippen molar-refractivity contribution in [2.75, 3.05) is 37.6 Å². The Morgan fingerprint density at radius 1 is 1.30 bits per heavy atom. The number of rotatable bonds is 9. The SMILES string of the molecule is C/C=C\C=C(/CC)C(=O)N(CC)CCNC1CCN(c2ncnc3c(F)cccc23)C1.CC. The van der Waals surface area contributed by atoms with Gasteiger partial charge in [-0.3, -0.25) is 4.79 Å². The lowest BCUT2D eigenvalue weighted by atomic mass is 10.1. The first-order valence-corrected chi connectivity index (χ1v) is 12.1. The van der Waals surface area contributed by atoms with Gasteiger partial charge in [0, 0.05) is 49.7 Å². The molecule has 0 saturated carbocycles. The molecule has 180 valence electrons. The van der Waals surface area contributed by atoms with Crippen molar-refractivity contribution in [3.63, 3.8) is 0 Å². The summed E-state index contributed by atoms with van der Waals surface area (Å²) >= 11 is 0. The molecule has 1 saturated heterocycles. The Morgan fingerprint density at radius 3 is 2.79 bits per heavy atom. The zero-order valence-electron chi connectivity index (χ0n) is 20.6. The van der Waals surface area contributed by atoms with Gasteiger partial charge in [-0.25, -0.2) is 14.4 Å². The molecular formula is C26H38FN5O. The summed E-state index contributed by atoms with van der Waals surface area (Å²) in [5.74, 6) is 0.558. The monoisotopic (exact) mass is 455 g/mol. The number of benzene rings is 1. The number of allylic oxidation sites excluding steroid dienone is 3. The smallest absolute Gasteiger partial charge is 0.249 e. The molecule has 1 fully saturated rings. The van der Waals surface area contributed by atoms with Gasteiger partial charge in [0.2, 0.25) is 5.91 Å². The van der Waals surface area contributed by atoms with Crippen molar-refractivity contribution in [3.8, 4) is 0 Å². The predicted octanol–water partition coefficient (Wildman–Crippen LogP) is 4.72. The van der Waals surface area contributed by atoms with Gasteiger partial charge in [-0.15, -0.1) is 0 Å². The van der Waals surface area contributed by atoms with E-state index < -0.39 is 0 Å². The fraction of sp³-hybridized carbons (Fsp3) is 0.500. The summed E-state index contributed by atoms with van der Waals surface area (Å²) in [7, 11) is 0. The van der Waals surface area contributed by atoms with Crippen molar-refractivity contribution >= 4 is 22.6 Å². The summed E-state index contributed by atoms with van der Waals surface area (Å²) in [6, 6.07) is 5.29. The summed E-state index contributed by atoms with van der Waals surface area (Å²) in [6.07, 6.45) is 8.88. The quantitative estimate of drug-likeness (QED) is 0.438. The van der Waals surface area contributed by atoms with E-state index in [1.165, 1.54) is 12.4 Å². The summed E-state index contributed by atoms with van der Waals surface area (Å²) in [4.78, 5) is 25.3. The van der Waals surface area contributed by atoms with Crippen LogP contribution in [-0.2, 0) is 4.79 Å². The van der Waals surface area contributed by atoms with E-state index in [0.717, 1.165) is 49.3 Å². The highest BCUT2D eigenvalue weighted by atomic mass is 19.1. The first kappa shape index (κ1) is 26.5. The van der Waals surface area contributed by atoms with Crippen molar-refractivity contribution in [2.45, 2.75) is 53.5 Å². The Hall–Kier alpha value is -2.80. The van der Waals surface area contributed by atoms with Gasteiger partial charge in [-0.2, -0.15) is 0 Å². The molecule has 33 heavy (non-hydrogen) atoms. The third-order valence-corrected chi connectivity index (χ3v) is 5.71. The second-order valence-corrected chi connectivity index (χ2v) is 7.68. The number of likely N-dealkylation sites (N-methyl/N-ethyl adjacent to an activating group) is 1. The Balaban J connectivity index is 0.00000187. The molecule has 2 heterocycles. The number of carbonyl (C=O) groups is 1. The molecule has 1 unspecified atom stereocenters. The molecule has 0 aliphatic carbocycles. The first-order chi connectivity index (χ1) is 16.1.